The highest BCUT2D eigenvalue weighted by molar-refractivity contribution is 7.09. The van der Waals surface area contributed by atoms with Gasteiger partial charge >= 0.3 is 0 Å². The molecule has 19 heavy (non-hydrogen) atoms. The van der Waals surface area contributed by atoms with E-state index in [4.69, 9.17) is 14.5 Å². The molecule has 2 atom stereocenters. The predicted octanol–water partition coefficient (Wildman–Crippen LogP) is 2.47. The number of nitrogens with zero attached hydrogens (tertiary/aromatic N) is 1. The largest absolute Gasteiger partial charge is 0.383 e. The average Bonchev–Trinajstić information content (AvgIpc) is 2.86. The zero-order chi connectivity index (χ0) is 13.7. The summed E-state index contributed by atoms with van der Waals surface area (Å²) in [5, 5.41) is 7.00. The lowest BCUT2D eigenvalue weighted by Gasteiger charge is -2.40. The van der Waals surface area contributed by atoms with Crippen LogP contribution in [0.4, 0.5) is 0 Å². The summed E-state index contributed by atoms with van der Waals surface area (Å²) < 4.78 is 11.0. The minimum Gasteiger partial charge on any atom is -0.383 e. The first-order valence-electron chi connectivity index (χ1n) is 6.98. The maximum atomic E-state index is 5.82. The van der Waals surface area contributed by atoms with Crippen molar-refractivity contribution in [1.82, 2.24) is 10.3 Å². The number of rotatable bonds is 6. The highest BCUT2D eigenvalue weighted by Crippen LogP contribution is 2.37. The van der Waals surface area contributed by atoms with E-state index in [1.807, 2.05) is 0 Å². The van der Waals surface area contributed by atoms with E-state index in [9.17, 15) is 0 Å². The van der Waals surface area contributed by atoms with E-state index in [0.717, 1.165) is 44.7 Å². The maximum absolute atomic E-state index is 5.82. The van der Waals surface area contributed by atoms with E-state index >= 15 is 0 Å². The van der Waals surface area contributed by atoms with Crippen LogP contribution in [0.3, 0.4) is 0 Å². The van der Waals surface area contributed by atoms with E-state index in [1.165, 1.54) is 5.01 Å². The number of ether oxygens (including phenoxy) is 2. The van der Waals surface area contributed by atoms with Crippen molar-refractivity contribution in [1.29, 1.82) is 0 Å². The molecule has 0 aliphatic carbocycles. The highest BCUT2D eigenvalue weighted by Gasteiger charge is 2.39. The second kappa shape index (κ2) is 6.79. The number of hydrogen-bond donors (Lipinski definition) is 1. The van der Waals surface area contributed by atoms with Crippen LogP contribution in [0.15, 0.2) is 5.38 Å². The molecule has 5 heteroatoms. The van der Waals surface area contributed by atoms with Gasteiger partial charge in [0, 0.05) is 31.3 Å². The molecule has 0 bridgehead atoms. The molecule has 108 valence electrons. The van der Waals surface area contributed by atoms with Crippen molar-refractivity contribution in [3.05, 3.63) is 16.1 Å². The fraction of sp³-hybridized carbons (Fsp3) is 0.786. The number of methoxy groups -OCH3 is 1. The van der Waals surface area contributed by atoms with Crippen LogP contribution in [0.2, 0.25) is 0 Å². The number of nitrogens with one attached hydrogen (secondary N) is 1. The number of aryl methyl sites for hydroxylation is 1. The summed E-state index contributed by atoms with van der Waals surface area (Å²) in [6, 6.07) is 0. The summed E-state index contributed by atoms with van der Waals surface area (Å²) in [7, 11) is 1.74. The molecule has 2 unspecified atom stereocenters. The first-order chi connectivity index (χ1) is 9.20. The van der Waals surface area contributed by atoms with Crippen LogP contribution in [0, 0.1) is 6.92 Å². The predicted molar refractivity (Wildman–Crippen MR) is 77.7 cm³/mol. The smallest absolute Gasteiger partial charge is 0.113 e. The normalized spacial score (nSPS) is 27.6. The molecule has 1 fully saturated rings. The summed E-state index contributed by atoms with van der Waals surface area (Å²) in [6.07, 6.45) is 3.37. The fourth-order valence-corrected chi connectivity index (χ4v) is 3.62. The van der Waals surface area contributed by atoms with E-state index in [2.05, 4.69) is 24.5 Å². The van der Waals surface area contributed by atoms with Crippen molar-refractivity contribution in [2.45, 2.75) is 44.8 Å². The molecule has 1 aliphatic rings. The van der Waals surface area contributed by atoms with Gasteiger partial charge in [0.25, 0.3) is 0 Å². The van der Waals surface area contributed by atoms with Gasteiger partial charge in [-0.15, -0.1) is 11.3 Å². The molecule has 0 radical (unpaired) electrons. The van der Waals surface area contributed by atoms with Gasteiger partial charge in [-0.3, -0.25) is 0 Å². The molecule has 0 saturated carbocycles. The number of hydrogen-bond acceptors (Lipinski definition) is 5. The molecule has 0 aromatic carbocycles. The van der Waals surface area contributed by atoms with Gasteiger partial charge in [0.1, 0.15) is 5.01 Å². The molecule has 1 N–H and O–H groups in total. The maximum Gasteiger partial charge on any atom is 0.113 e. The van der Waals surface area contributed by atoms with Gasteiger partial charge in [-0.05, 0) is 26.2 Å². The van der Waals surface area contributed by atoms with E-state index in [0.29, 0.717) is 6.10 Å². The van der Waals surface area contributed by atoms with E-state index in [-0.39, 0.29) is 5.54 Å². The Kier molecular flexibility index (Phi) is 5.33. The van der Waals surface area contributed by atoms with Crippen molar-refractivity contribution in [3.63, 3.8) is 0 Å². The third kappa shape index (κ3) is 3.54. The molecular formula is C14H24N2O2S. The second-order valence-corrected chi connectivity index (χ2v) is 6.01. The van der Waals surface area contributed by atoms with Crippen molar-refractivity contribution in [2.24, 2.45) is 0 Å². The molecule has 4 nitrogen and oxygen atoms in total. The monoisotopic (exact) mass is 284 g/mol. The molecule has 1 aromatic heterocycles. The highest BCUT2D eigenvalue weighted by atomic mass is 32.1. The number of aromatic nitrogens is 1. The second-order valence-electron chi connectivity index (χ2n) is 5.15. The third-order valence-corrected chi connectivity index (χ3v) is 4.88. The van der Waals surface area contributed by atoms with E-state index in [1.54, 1.807) is 18.4 Å². The zero-order valence-corrected chi connectivity index (χ0v) is 12.9. The Balaban J connectivity index is 2.16. The van der Waals surface area contributed by atoms with Gasteiger partial charge in [0.2, 0.25) is 0 Å². The van der Waals surface area contributed by atoms with Gasteiger partial charge < -0.3 is 14.8 Å². The topological polar surface area (TPSA) is 43.4 Å². The van der Waals surface area contributed by atoms with Crippen LogP contribution in [0.1, 0.15) is 36.9 Å². The zero-order valence-electron chi connectivity index (χ0n) is 12.1. The SMILES string of the molecule is CCC1CC(NCCOC)(c2nc(C)cs2)CCO1. The first-order valence-corrected chi connectivity index (χ1v) is 7.86. The lowest BCUT2D eigenvalue weighted by molar-refractivity contribution is -0.0336. The van der Waals surface area contributed by atoms with Crippen LogP contribution < -0.4 is 5.32 Å². The van der Waals surface area contributed by atoms with E-state index < -0.39 is 0 Å². The molecule has 2 rings (SSSR count). The van der Waals surface area contributed by atoms with Gasteiger partial charge in [-0.1, -0.05) is 6.92 Å². The van der Waals surface area contributed by atoms with Crippen LogP contribution in [0.25, 0.3) is 0 Å². The third-order valence-electron chi connectivity index (χ3n) is 3.71. The molecule has 1 aliphatic heterocycles. The molecule has 0 spiro atoms. The van der Waals surface area contributed by atoms with Crippen molar-refractivity contribution >= 4 is 11.3 Å². The Hall–Kier alpha value is -0.490. The summed E-state index contributed by atoms with van der Waals surface area (Å²) in [4.78, 5) is 4.71. The van der Waals surface area contributed by atoms with Crippen LogP contribution >= 0.6 is 11.3 Å². The minimum absolute atomic E-state index is 0.0314. The standard InChI is InChI=1S/C14H24N2O2S/c1-4-12-9-14(5-7-18-12,15-6-8-17-3)13-16-11(2)10-19-13/h10,12,15H,4-9H2,1-3H3. The Labute approximate surface area is 119 Å². The van der Waals surface area contributed by atoms with Crippen LogP contribution in [-0.2, 0) is 15.0 Å². The lowest BCUT2D eigenvalue weighted by Crippen LogP contribution is -2.50. The molecule has 0 amide bonds. The summed E-state index contributed by atoms with van der Waals surface area (Å²) in [5.41, 5.74) is 1.07. The molecular weight excluding hydrogens is 260 g/mol. The van der Waals surface area contributed by atoms with Crippen molar-refractivity contribution in [2.75, 3.05) is 26.9 Å². The summed E-state index contributed by atoms with van der Waals surface area (Å²) in [5.74, 6) is 0. The van der Waals surface area contributed by atoms with Crippen LogP contribution in [0.5, 0.6) is 0 Å². The van der Waals surface area contributed by atoms with Crippen molar-refractivity contribution in [3.8, 4) is 0 Å². The van der Waals surface area contributed by atoms with Crippen molar-refractivity contribution < 1.29 is 9.47 Å². The average molecular weight is 284 g/mol. The van der Waals surface area contributed by atoms with Crippen LogP contribution in [-0.4, -0.2) is 38.0 Å². The number of thiazole rings is 1. The Morgan fingerprint density at radius 2 is 2.47 bits per heavy atom. The summed E-state index contributed by atoms with van der Waals surface area (Å²) in [6.45, 7) is 6.62. The minimum atomic E-state index is -0.0314. The summed E-state index contributed by atoms with van der Waals surface area (Å²) >= 11 is 1.76. The van der Waals surface area contributed by atoms with Gasteiger partial charge in [-0.2, -0.15) is 0 Å². The molecule has 1 saturated heterocycles. The molecule has 1 aromatic rings. The Morgan fingerprint density at radius 3 is 3.11 bits per heavy atom. The van der Waals surface area contributed by atoms with Gasteiger partial charge in [0.05, 0.1) is 18.2 Å². The quantitative estimate of drug-likeness (QED) is 0.815. The fourth-order valence-electron chi connectivity index (χ4n) is 2.61. The first kappa shape index (κ1) is 14.9. The Bertz CT molecular complexity index is 397. The molecule has 2 heterocycles. The lowest BCUT2D eigenvalue weighted by atomic mass is 9.86. The van der Waals surface area contributed by atoms with Gasteiger partial charge in [-0.25, -0.2) is 4.98 Å². The van der Waals surface area contributed by atoms with Gasteiger partial charge in [0.15, 0.2) is 0 Å². The Morgan fingerprint density at radius 1 is 1.63 bits per heavy atom.